The van der Waals surface area contributed by atoms with Crippen LogP contribution in [0.4, 0.5) is 0 Å². The molecule has 0 saturated heterocycles. The van der Waals surface area contributed by atoms with E-state index in [0.29, 0.717) is 18.4 Å². The van der Waals surface area contributed by atoms with Crippen molar-refractivity contribution in [2.45, 2.75) is 26.3 Å². The van der Waals surface area contributed by atoms with Gasteiger partial charge in [0.25, 0.3) is 5.90 Å². The number of aliphatic imine (C=N–C) groups is 1. The summed E-state index contributed by atoms with van der Waals surface area (Å²) in [5.74, 6) is 1.93. The number of methoxy groups -OCH3 is 1. The van der Waals surface area contributed by atoms with E-state index in [1.54, 1.807) is 7.11 Å². The third-order valence-corrected chi connectivity index (χ3v) is 4.83. The van der Waals surface area contributed by atoms with E-state index < -0.39 is 0 Å². The maximum absolute atomic E-state index is 5.47. The van der Waals surface area contributed by atoms with Crippen LogP contribution in [-0.2, 0) is 11.3 Å². The van der Waals surface area contributed by atoms with Crippen molar-refractivity contribution in [1.82, 2.24) is 9.55 Å². The molecule has 0 N–H and O–H groups in total. The molecule has 4 heteroatoms. The van der Waals surface area contributed by atoms with Crippen molar-refractivity contribution in [2.75, 3.05) is 13.7 Å². The van der Waals surface area contributed by atoms with Gasteiger partial charge in [-0.25, -0.2) is 9.98 Å². The molecule has 132 valence electrons. The molecular weight excluding hydrogens is 322 g/mol. The first-order valence-electron chi connectivity index (χ1n) is 9.04. The number of ether oxygens (including phenoxy) is 1. The van der Waals surface area contributed by atoms with Gasteiger partial charge in [-0.2, -0.15) is 0 Å². The fourth-order valence-electron chi connectivity index (χ4n) is 3.43. The summed E-state index contributed by atoms with van der Waals surface area (Å²) in [5.41, 5.74) is 5.71. The zero-order chi connectivity index (χ0) is 18.1. The number of hydrogen-bond donors (Lipinski definition) is 0. The molecule has 0 spiro atoms. The minimum absolute atomic E-state index is 0.514. The molecule has 0 amide bonds. The summed E-state index contributed by atoms with van der Waals surface area (Å²) in [6.07, 6.45) is 0. The predicted molar refractivity (Wildman–Crippen MR) is 106 cm³/mol. The van der Waals surface area contributed by atoms with Gasteiger partial charge in [0, 0.05) is 17.7 Å². The third-order valence-electron chi connectivity index (χ3n) is 4.83. The molecule has 0 bridgehead atoms. The molecule has 0 aliphatic carbocycles. The number of nitrogens with zero attached hydrogens (tertiary/aromatic N) is 3. The predicted octanol–water partition coefficient (Wildman–Crippen LogP) is 4.75. The molecule has 0 radical (unpaired) electrons. The van der Waals surface area contributed by atoms with Crippen molar-refractivity contribution in [2.24, 2.45) is 4.99 Å². The fraction of sp³-hybridized carbons (Fsp3) is 0.273. The van der Waals surface area contributed by atoms with Crippen molar-refractivity contribution < 1.29 is 4.74 Å². The molecular formula is C22H23N3O. The van der Waals surface area contributed by atoms with Crippen LogP contribution in [0.15, 0.2) is 59.6 Å². The van der Waals surface area contributed by atoms with E-state index in [4.69, 9.17) is 9.72 Å². The van der Waals surface area contributed by atoms with Gasteiger partial charge >= 0.3 is 0 Å². The van der Waals surface area contributed by atoms with E-state index in [1.807, 2.05) is 6.07 Å². The molecule has 1 aliphatic rings. The Morgan fingerprint density at radius 3 is 2.35 bits per heavy atom. The van der Waals surface area contributed by atoms with Crippen LogP contribution in [0.1, 0.15) is 31.2 Å². The Hall–Kier alpha value is -2.88. The number of benzene rings is 2. The van der Waals surface area contributed by atoms with Crippen molar-refractivity contribution in [3.05, 3.63) is 66.0 Å². The highest BCUT2D eigenvalue weighted by Gasteiger charge is 2.25. The topological polar surface area (TPSA) is 39.4 Å². The van der Waals surface area contributed by atoms with E-state index in [-0.39, 0.29) is 0 Å². The van der Waals surface area contributed by atoms with Crippen LogP contribution >= 0.6 is 0 Å². The maximum Gasteiger partial charge on any atom is 0.253 e. The van der Waals surface area contributed by atoms with Gasteiger partial charge in [-0.1, -0.05) is 68.4 Å². The van der Waals surface area contributed by atoms with Crippen molar-refractivity contribution >= 4 is 5.90 Å². The summed E-state index contributed by atoms with van der Waals surface area (Å²) in [6, 6.07) is 19.2. The highest BCUT2D eigenvalue weighted by molar-refractivity contribution is 5.94. The third kappa shape index (κ3) is 2.81. The van der Waals surface area contributed by atoms with Gasteiger partial charge in [0.05, 0.1) is 25.0 Å². The van der Waals surface area contributed by atoms with Crippen LogP contribution in [0.3, 0.4) is 0 Å². The summed E-state index contributed by atoms with van der Waals surface area (Å²) in [7, 11) is 1.66. The van der Waals surface area contributed by atoms with E-state index in [2.05, 4.69) is 71.9 Å². The summed E-state index contributed by atoms with van der Waals surface area (Å²) in [5, 5.41) is 0. The monoisotopic (exact) mass is 345 g/mol. The molecule has 4 rings (SSSR count). The zero-order valence-corrected chi connectivity index (χ0v) is 15.4. The molecule has 0 unspecified atom stereocenters. The van der Waals surface area contributed by atoms with Gasteiger partial charge in [-0.15, -0.1) is 0 Å². The summed E-state index contributed by atoms with van der Waals surface area (Å²) in [4.78, 5) is 9.41. The molecule has 2 heterocycles. The summed E-state index contributed by atoms with van der Waals surface area (Å²) in [6.45, 7) is 5.93. The van der Waals surface area contributed by atoms with Crippen molar-refractivity contribution in [1.29, 1.82) is 0 Å². The standard InChI is InChI=1S/C22H23N3O/c1-15(2)16-9-11-17(12-10-16)19-20(18-7-5-4-6-8-18)25-14-13-23-22(26-3)21(25)24-19/h4-12,15H,13-14H2,1-3H3. The van der Waals surface area contributed by atoms with Crippen LogP contribution in [0.5, 0.6) is 0 Å². The average molecular weight is 345 g/mol. The van der Waals surface area contributed by atoms with Gasteiger partial charge in [-0.05, 0) is 11.5 Å². The molecule has 26 heavy (non-hydrogen) atoms. The lowest BCUT2D eigenvalue weighted by Gasteiger charge is -2.16. The number of rotatable bonds is 3. The van der Waals surface area contributed by atoms with Gasteiger partial charge < -0.3 is 9.30 Å². The SMILES string of the molecule is COC1=NCCn2c1nc(-c1ccc(C(C)C)cc1)c2-c1ccccc1. The molecule has 0 saturated carbocycles. The Morgan fingerprint density at radius 2 is 1.69 bits per heavy atom. The lowest BCUT2D eigenvalue weighted by Crippen LogP contribution is -2.20. The fourth-order valence-corrected chi connectivity index (χ4v) is 3.43. The largest absolute Gasteiger partial charge is 0.479 e. The van der Waals surface area contributed by atoms with Gasteiger partial charge in [0.2, 0.25) is 0 Å². The van der Waals surface area contributed by atoms with Crippen LogP contribution in [0, 0.1) is 0 Å². The lowest BCUT2D eigenvalue weighted by atomic mass is 9.99. The molecule has 4 nitrogen and oxygen atoms in total. The van der Waals surface area contributed by atoms with E-state index in [9.17, 15) is 0 Å². The Labute approximate surface area is 154 Å². The van der Waals surface area contributed by atoms with Gasteiger partial charge in [0.15, 0.2) is 5.82 Å². The molecule has 0 atom stereocenters. The minimum atomic E-state index is 0.514. The van der Waals surface area contributed by atoms with Crippen LogP contribution in [0.2, 0.25) is 0 Å². The van der Waals surface area contributed by atoms with Crippen molar-refractivity contribution in [3.8, 4) is 22.5 Å². The second-order valence-corrected chi connectivity index (χ2v) is 6.82. The number of imidazole rings is 1. The summed E-state index contributed by atoms with van der Waals surface area (Å²) < 4.78 is 7.70. The van der Waals surface area contributed by atoms with Gasteiger partial charge in [0.1, 0.15) is 0 Å². The average Bonchev–Trinajstić information content (AvgIpc) is 3.08. The van der Waals surface area contributed by atoms with Crippen LogP contribution < -0.4 is 0 Å². The molecule has 1 aliphatic heterocycles. The Kier molecular flexibility index (Phi) is 4.33. The lowest BCUT2D eigenvalue weighted by molar-refractivity contribution is 0.390. The molecule has 2 aromatic carbocycles. The van der Waals surface area contributed by atoms with Gasteiger partial charge in [-0.3, -0.25) is 0 Å². The number of aromatic nitrogens is 2. The Morgan fingerprint density at radius 1 is 0.962 bits per heavy atom. The van der Waals surface area contributed by atoms with E-state index in [1.165, 1.54) is 5.56 Å². The highest BCUT2D eigenvalue weighted by Crippen LogP contribution is 2.34. The number of fused-ring (bicyclic) bond motifs is 1. The first kappa shape index (κ1) is 16.6. The zero-order valence-electron chi connectivity index (χ0n) is 15.4. The first-order chi connectivity index (χ1) is 12.7. The smallest absolute Gasteiger partial charge is 0.253 e. The maximum atomic E-state index is 5.47. The molecule has 3 aromatic rings. The molecule has 0 fully saturated rings. The summed E-state index contributed by atoms with van der Waals surface area (Å²) >= 11 is 0. The molecule has 1 aromatic heterocycles. The van der Waals surface area contributed by atoms with Crippen LogP contribution in [-0.4, -0.2) is 29.1 Å². The highest BCUT2D eigenvalue weighted by atomic mass is 16.5. The van der Waals surface area contributed by atoms with E-state index >= 15 is 0 Å². The van der Waals surface area contributed by atoms with Crippen LogP contribution in [0.25, 0.3) is 22.5 Å². The van der Waals surface area contributed by atoms with E-state index in [0.717, 1.165) is 34.9 Å². The Bertz CT molecular complexity index is 938. The second-order valence-electron chi connectivity index (χ2n) is 6.82. The van der Waals surface area contributed by atoms with Crippen molar-refractivity contribution in [3.63, 3.8) is 0 Å². The minimum Gasteiger partial charge on any atom is -0.479 e. The normalized spacial score (nSPS) is 13.5. The Balaban J connectivity index is 1.91. The quantitative estimate of drug-likeness (QED) is 0.687. The number of hydrogen-bond acceptors (Lipinski definition) is 3. The first-order valence-corrected chi connectivity index (χ1v) is 9.04. The second kappa shape index (κ2) is 6.79.